The topological polar surface area (TPSA) is 35.6 Å². The van der Waals surface area contributed by atoms with Crippen molar-refractivity contribution in [2.24, 2.45) is 5.92 Å². The fraction of sp³-hybridized carbons (Fsp3) is 0.611. The number of rotatable bonds is 6. The molecule has 0 spiro atoms. The summed E-state index contributed by atoms with van der Waals surface area (Å²) in [4.78, 5) is 16.5. The minimum absolute atomic E-state index is 0.116. The summed E-state index contributed by atoms with van der Waals surface area (Å²) in [5.74, 6) is 0.406. The normalized spacial score (nSPS) is 17.2. The molecule has 0 bridgehead atoms. The minimum Gasteiger partial charge on any atom is -0.355 e. The molecule has 1 N–H and O–H groups in total. The van der Waals surface area contributed by atoms with Gasteiger partial charge in [-0.15, -0.1) is 0 Å². The van der Waals surface area contributed by atoms with Crippen LogP contribution in [0.4, 0.5) is 4.39 Å². The van der Waals surface area contributed by atoms with Gasteiger partial charge in [-0.2, -0.15) is 0 Å². The molecule has 1 aromatic carbocycles. The lowest BCUT2D eigenvalue weighted by Crippen LogP contribution is -2.40. The number of halogens is 1. The maximum Gasteiger partial charge on any atom is 0.234 e. The summed E-state index contributed by atoms with van der Waals surface area (Å²) in [5, 5.41) is 2.98. The van der Waals surface area contributed by atoms with Crippen molar-refractivity contribution in [1.82, 2.24) is 15.1 Å². The number of nitrogens with one attached hydrogen (secondary N) is 1. The molecule has 0 saturated carbocycles. The van der Waals surface area contributed by atoms with E-state index in [4.69, 9.17) is 0 Å². The van der Waals surface area contributed by atoms with E-state index in [0.29, 0.717) is 12.5 Å². The molecule has 1 aliphatic heterocycles. The summed E-state index contributed by atoms with van der Waals surface area (Å²) >= 11 is 0. The third kappa shape index (κ3) is 6.67. The Labute approximate surface area is 138 Å². The molecule has 5 heteroatoms. The Morgan fingerprint density at radius 2 is 1.78 bits per heavy atom. The molecule has 1 amide bonds. The van der Waals surface area contributed by atoms with E-state index in [1.807, 2.05) is 12.1 Å². The first-order valence-corrected chi connectivity index (χ1v) is 8.49. The van der Waals surface area contributed by atoms with Gasteiger partial charge in [0.2, 0.25) is 5.91 Å². The van der Waals surface area contributed by atoms with Gasteiger partial charge in [0.25, 0.3) is 0 Å². The van der Waals surface area contributed by atoms with Gasteiger partial charge in [0.15, 0.2) is 0 Å². The number of benzene rings is 1. The zero-order chi connectivity index (χ0) is 16.7. The van der Waals surface area contributed by atoms with Gasteiger partial charge in [-0.25, -0.2) is 4.39 Å². The van der Waals surface area contributed by atoms with Crippen LogP contribution in [0, 0.1) is 11.7 Å². The van der Waals surface area contributed by atoms with Gasteiger partial charge in [0, 0.05) is 26.2 Å². The van der Waals surface area contributed by atoms with Crippen molar-refractivity contribution < 1.29 is 9.18 Å². The second-order valence-corrected chi connectivity index (χ2v) is 6.73. The molecule has 0 aliphatic carbocycles. The maximum atomic E-state index is 13.0. The minimum atomic E-state index is -0.191. The summed E-state index contributed by atoms with van der Waals surface area (Å²) in [6.45, 7) is 10.1. The molecule has 1 saturated heterocycles. The fourth-order valence-corrected chi connectivity index (χ4v) is 2.77. The maximum absolute atomic E-state index is 13.0. The Balaban J connectivity index is 1.75. The van der Waals surface area contributed by atoms with Crippen LogP contribution in [0.25, 0.3) is 0 Å². The van der Waals surface area contributed by atoms with Gasteiger partial charge < -0.3 is 5.32 Å². The van der Waals surface area contributed by atoms with Crippen LogP contribution in [0.3, 0.4) is 0 Å². The summed E-state index contributed by atoms with van der Waals surface area (Å²) in [7, 11) is 0. The first kappa shape index (κ1) is 17.9. The highest BCUT2D eigenvalue weighted by atomic mass is 19.1. The highest BCUT2D eigenvalue weighted by Crippen LogP contribution is 2.10. The largest absolute Gasteiger partial charge is 0.355 e. The van der Waals surface area contributed by atoms with Crippen molar-refractivity contribution in [2.75, 3.05) is 39.3 Å². The molecular weight excluding hydrogens is 293 g/mol. The Morgan fingerprint density at radius 1 is 1.13 bits per heavy atom. The molecule has 2 rings (SSSR count). The van der Waals surface area contributed by atoms with Crippen LogP contribution in [-0.2, 0) is 11.3 Å². The van der Waals surface area contributed by atoms with Gasteiger partial charge >= 0.3 is 0 Å². The van der Waals surface area contributed by atoms with E-state index in [1.165, 1.54) is 12.1 Å². The Hall–Kier alpha value is -1.46. The van der Waals surface area contributed by atoms with Crippen molar-refractivity contribution in [3.63, 3.8) is 0 Å². The third-order valence-corrected chi connectivity index (χ3v) is 4.08. The molecule has 0 atom stereocenters. The average molecular weight is 321 g/mol. The Kier molecular flexibility index (Phi) is 6.99. The first-order chi connectivity index (χ1) is 11.0. The van der Waals surface area contributed by atoms with Crippen molar-refractivity contribution in [3.8, 4) is 0 Å². The summed E-state index contributed by atoms with van der Waals surface area (Å²) < 4.78 is 13.0. The van der Waals surface area contributed by atoms with Crippen LogP contribution in [-0.4, -0.2) is 55.0 Å². The van der Waals surface area contributed by atoms with E-state index in [9.17, 15) is 9.18 Å². The SMILES string of the molecule is CC(C)CNC(=O)CN1CCCN(Cc2ccc(F)cc2)CC1. The van der Waals surface area contributed by atoms with E-state index >= 15 is 0 Å². The summed E-state index contributed by atoms with van der Waals surface area (Å²) in [6.07, 6.45) is 1.05. The van der Waals surface area contributed by atoms with Gasteiger partial charge in [-0.05, 0) is 43.1 Å². The molecule has 1 fully saturated rings. The Morgan fingerprint density at radius 3 is 2.48 bits per heavy atom. The monoisotopic (exact) mass is 321 g/mol. The smallest absolute Gasteiger partial charge is 0.234 e. The van der Waals surface area contributed by atoms with Crippen molar-refractivity contribution in [1.29, 1.82) is 0 Å². The lowest BCUT2D eigenvalue weighted by molar-refractivity contribution is -0.122. The predicted molar refractivity (Wildman–Crippen MR) is 90.6 cm³/mol. The van der Waals surface area contributed by atoms with Gasteiger partial charge in [-0.3, -0.25) is 14.6 Å². The Bertz CT molecular complexity index is 490. The molecule has 128 valence electrons. The standard InChI is InChI=1S/C18H28FN3O/c1-15(2)12-20-18(23)14-22-9-3-8-21(10-11-22)13-16-4-6-17(19)7-5-16/h4-7,15H,3,8-14H2,1-2H3,(H,20,23). The molecule has 23 heavy (non-hydrogen) atoms. The third-order valence-electron chi connectivity index (χ3n) is 4.08. The molecule has 1 heterocycles. The second-order valence-electron chi connectivity index (χ2n) is 6.73. The van der Waals surface area contributed by atoms with Crippen LogP contribution >= 0.6 is 0 Å². The number of carbonyl (C=O) groups excluding carboxylic acids is 1. The van der Waals surface area contributed by atoms with Crippen LogP contribution in [0.5, 0.6) is 0 Å². The molecule has 0 radical (unpaired) electrons. The average Bonchev–Trinajstić information content (AvgIpc) is 2.73. The first-order valence-electron chi connectivity index (χ1n) is 8.49. The number of hydrogen-bond acceptors (Lipinski definition) is 3. The van der Waals surface area contributed by atoms with Gasteiger partial charge in [0.05, 0.1) is 6.54 Å². The van der Waals surface area contributed by atoms with Gasteiger partial charge in [-0.1, -0.05) is 26.0 Å². The van der Waals surface area contributed by atoms with E-state index in [0.717, 1.165) is 51.3 Å². The highest BCUT2D eigenvalue weighted by molar-refractivity contribution is 5.77. The van der Waals surface area contributed by atoms with E-state index < -0.39 is 0 Å². The van der Waals surface area contributed by atoms with Crippen molar-refractivity contribution in [3.05, 3.63) is 35.6 Å². The summed E-state index contributed by atoms with van der Waals surface area (Å²) in [6, 6.07) is 6.71. The van der Waals surface area contributed by atoms with Crippen LogP contribution in [0.2, 0.25) is 0 Å². The van der Waals surface area contributed by atoms with E-state index in [2.05, 4.69) is 29.0 Å². The van der Waals surface area contributed by atoms with Crippen LogP contribution < -0.4 is 5.32 Å². The number of carbonyl (C=O) groups is 1. The van der Waals surface area contributed by atoms with Crippen molar-refractivity contribution in [2.45, 2.75) is 26.8 Å². The van der Waals surface area contributed by atoms with Crippen LogP contribution in [0.15, 0.2) is 24.3 Å². The molecular formula is C18H28FN3O. The van der Waals surface area contributed by atoms with E-state index in [1.54, 1.807) is 0 Å². The number of amides is 1. The molecule has 0 aromatic heterocycles. The number of nitrogens with zero attached hydrogens (tertiary/aromatic N) is 2. The molecule has 4 nitrogen and oxygen atoms in total. The molecule has 1 aromatic rings. The molecule has 0 unspecified atom stereocenters. The number of hydrogen-bond donors (Lipinski definition) is 1. The van der Waals surface area contributed by atoms with Gasteiger partial charge in [0.1, 0.15) is 5.82 Å². The lowest BCUT2D eigenvalue weighted by atomic mass is 10.2. The van der Waals surface area contributed by atoms with E-state index in [-0.39, 0.29) is 11.7 Å². The second kappa shape index (κ2) is 8.99. The molecule has 1 aliphatic rings. The lowest BCUT2D eigenvalue weighted by Gasteiger charge is -2.21. The predicted octanol–water partition coefficient (Wildman–Crippen LogP) is 2.11. The fourth-order valence-electron chi connectivity index (χ4n) is 2.77. The van der Waals surface area contributed by atoms with Crippen LogP contribution in [0.1, 0.15) is 25.8 Å². The highest BCUT2D eigenvalue weighted by Gasteiger charge is 2.17. The zero-order valence-corrected chi connectivity index (χ0v) is 14.2. The summed E-state index contributed by atoms with van der Waals surface area (Å²) in [5.41, 5.74) is 1.13. The quantitative estimate of drug-likeness (QED) is 0.872. The van der Waals surface area contributed by atoms with Crippen molar-refractivity contribution >= 4 is 5.91 Å². The zero-order valence-electron chi connectivity index (χ0n) is 14.2.